The number of halogens is 2. The number of aryl methyl sites for hydroxylation is 1. The van der Waals surface area contributed by atoms with Gasteiger partial charge in [-0.1, -0.05) is 11.6 Å². The van der Waals surface area contributed by atoms with Crippen LogP contribution < -0.4 is 9.64 Å². The Hall–Kier alpha value is -3.09. The predicted molar refractivity (Wildman–Crippen MR) is 132 cm³/mol. The van der Waals surface area contributed by atoms with Crippen molar-refractivity contribution in [3.8, 4) is 11.8 Å². The molecule has 1 fully saturated rings. The molecule has 3 aliphatic rings. The van der Waals surface area contributed by atoms with Crippen molar-refractivity contribution < 1.29 is 18.7 Å². The van der Waals surface area contributed by atoms with E-state index in [9.17, 15) is 19.2 Å². The van der Waals surface area contributed by atoms with Crippen molar-refractivity contribution in [2.24, 2.45) is 0 Å². The van der Waals surface area contributed by atoms with Crippen molar-refractivity contribution in [1.29, 1.82) is 5.26 Å². The predicted octanol–water partition coefficient (Wildman–Crippen LogP) is 4.97. The van der Waals surface area contributed by atoms with E-state index in [1.165, 1.54) is 35.9 Å². The van der Waals surface area contributed by atoms with Crippen LogP contribution in [0.1, 0.15) is 36.0 Å². The van der Waals surface area contributed by atoms with Crippen LogP contribution in [0, 0.1) is 17.1 Å². The highest BCUT2D eigenvalue weighted by molar-refractivity contribution is 8.09. The summed E-state index contributed by atoms with van der Waals surface area (Å²) in [5.41, 5.74) is 3.08. The lowest BCUT2D eigenvalue weighted by Crippen LogP contribution is -2.62. The normalized spacial score (nSPS) is 21.4. The number of urea groups is 1. The third kappa shape index (κ3) is 4.05. The summed E-state index contributed by atoms with van der Waals surface area (Å²) < 4.78 is 19.2. The van der Waals surface area contributed by atoms with Crippen LogP contribution in [0.5, 0.6) is 5.75 Å². The minimum absolute atomic E-state index is 0.0353. The number of hydrogen-bond acceptors (Lipinski definition) is 6. The van der Waals surface area contributed by atoms with E-state index in [1.807, 2.05) is 0 Å². The van der Waals surface area contributed by atoms with E-state index in [1.54, 1.807) is 23.4 Å². The van der Waals surface area contributed by atoms with Gasteiger partial charge in [-0.3, -0.25) is 9.78 Å². The number of thioether (sulfide) groups is 1. The first kappa shape index (κ1) is 23.6. The highest BCUT2D eigenvalue weighted by Crippen LogP contribution is 2.48. The number of carbonyl (C=O) groups is 2. The average molecular weight is 513 g/mol. The van der Waals surface area contributed by atoms with Gasteiger partial charge < -0.3 is 9.64 Å². The first-order chi connectivity index (χ1) is 16.9. The van der Waals surface area contributed by atoms with E-state index < -0.39 is 23.1 Å². The number of imide groups is 1. The van der Waals surface area contributed by atoms with Crippen LogP contribution in [0.25, 0.3) is 4.91 Å². The topological polar surface area (TPSA) is 86.5 Å². The Balaban J connectivity index is 1.56. The standard InChI is InChI=1S/C25H22ClFN4O3S/c1-34-21-9-16(17(26)10-18(21)27)22-11-19-23(35-22)24(32)31(25(33)30(19)8-4-7-28)20-13-29-12-14-5-2-3-6-15(14)20/h9-13,19,23H,2-6,8H2,1H3. The number of aromatic nitrogens is 1. The minimum atomic E-state index is -0.632. The summed E-state index contributed by atoms with van der Waals surface area (Å²) in [4.78, 5) is 35.2. The van der Waals surface area contributed by atoms with Gasteiger partial charge in [-0.25, -0.2) is 14.1 Å². The molecular formula is C25H22ClFN4O3S. The Kier molecular flexibility index (Phi) is 6.43. The molecule has 180 valence electrons. The first-order valence-electron chi connectivity index (χ1n) is 11.3. The lowest BCUT2D eigenvalue weighted by Gasteiger charge is -2.41. The van der Waals surface area contributed by atoms with Gasteiger partial charge in [0.1, 0.15) is 5.25 Å². The van der Waals surface area contributed by atoms with Crippen LogP contribution in [-0.2, 0) is 17.6 Å². The number of methoxy groups -OCH3 is 1. The molecule has 3 amide bonds. The largest absolute Gasteiger partial charge is 0.494 e. The molecule has 1 saturated heterocycles. The molecule has 0 saturated carbocycles. The van der Waals surface area contributed by atoms with Crippen LogP contribution in [-0.4, -0.2) is 46.8 Å². The first-order valence-corrected chi connectivity index (χ1v) is 12.6. The van der Waals surface area contributed by atoms with Gasteiger partial charge in [0.05, 0.1) is 42.5 Å². The highest BCUT2D eigenvalue weighted by Gasteiger charge is 2.50. The summed E-state index contributed by atoms with van der Waals surface area (Å²) >= 11 is 7.63. The van der Waals surface area contributed by atoms with Gasteiger partial charge in [-0.2, -0.15) is 5.26 Å². The number of hydrogen-bond donors (Lipinski definition) is 0. The number of pyridine rings is 1. The molecular weight excluding hydrogens is 491 g/mol. The lowest BCUT2D eigenvalue weighted by atomic mass is 9.91. The van der Waals surface area contributed by atoms with E-state index in [0.717, 1.165) is 36.8 Å². The number of fused-ring (bicyclic) bond motifs is 2. The smallest absolute Gasteiger partial charge is 0.332 e. The van der Waals surface area contributed by atoms with Crippen LogP contribution >= 0.6 is 23.4 Å². The van der Waals surface area contributed by atoms with Gasteiger partial charge in [-0.05, 0) is 55.0 Å². The second-order valence-electron chi connectivity index (χ2n) is 8.59. The molecule has 0 N–H and O–H groups in total. The maximum Gasteiger partial charge on any atom is 0.332 e. The summed E-state index contributed by atoms with van der Waals surface area (Å²) in [5.74, 6) is -0.889. The van der Waals surface area contributed by atoms with Crippen LogP contribution in [0.15, 0.2) is 30.6 Å². The summed E-state index contributed by atoms with van der Waals surface area (Å²) in [5, 5.41) is 8.75. The number of amides is 3. The zero-order valence-corrected chi connectivity index (χ0v) is 20.5. The Morgan fingerprint density at radius 2 is 2.09 bits per heavy atom. The Morgan fingerprint density at radius 1 is 1.29 bits per heavy atom. The Morgan fingerprint density at radius 3 is 2.86 bits per heavy atom. The molecule has 3 heterocycles. The summed E-state index contributed by atoms with van der Waals surface area (Å²) in [7, 11) is 1.37. The molecule has 2 unspecified atom stereocenters. The van der Waals surface area contributed by atoms with E-state index in [4.69, 9.17) is 16.3 Å². The van der Waals surface area contributed by atoms with Gasteiger partial charge in [0, 0.05) is 23.2 Å². The molecule has 1 aromatic carbocycles. The van der Waals surface area contributed by atoms with Crippen molar-refractivity contribution in [3.05, 3.63) is 58.1 Å². The minimum Gasteiger partial charge on any atom is -0.494 e. The molecule has 10 heteroatoms. The molecule has 7 nitrogen and oxygen atoms in total. The second-order valence-corrected chi connectivity index (χ2v) is 10.2. The van der Waals surface area contributed by atoms with Crippen molar-refractivity contribution in [2.75, 3.05) is 18.6 Å². The third-order valence-electron chi connectivity index (χ3n) is 6.61. The molecule has 2 atom stereocenters. The van der Waals surface area contributed by atoms with E-state index in [0.29, 0.717) is 16.2 Å². The fourth-order valence-corrected chi connectivity index (χ4v) is 6.58. The number of nitriles is 1. The quantitative estimate of drug-likeness (QED) is 0.562. The van der Waals surface area contributed by atoms with Gasteiger partial charge in [0.25, 0.3) is 5.91 Å². The summed E-state index contributed by atoms with van der Waals surface area (Å²) in [6.07, 6.45) is 8.98. The lowest BCUT2D eigenvalue weighted by molar-refractivity contribution is -0.119. The van der Waals surface area contributed by atoms with Crippen LogP contribution in [0.4, 0.5) is 14.9 Å². The maximum atomic E-state index is 14.1. The van der Waals surface area contributed by atoms with Crippen molar-refractivity contribution in [1.82, 2.24) is 9.88 Å². The molecule has 0 spiro atoms. The number of rotatable bonds is 5. The molecule has 2 aromatic rings. The monoisotopic (exact) mass is 512 g/mol. The second kappa shape index (κ2) is 9.51. The SMILES string of the molecule is COc1cc(C2=CC3C(S2)C(=O)N(c2cncc4c2CCCC4)C(=O)N3CCC#N)c(Cl)cc1F. The van der Waals surface area contributed by atoms with Crippen molar-refractivity contribution >= 4 is 45.9 Å². The fourth-order valence-electron chi connectivity index (χ4n) is 4.91. The molecule has 5 rings (SSSR count). The Bertz CT molecular complexity index is 1290. The van der Waals surface area contributed by atoms with E-state index in [-0.39, 0.29) is 29.6 Å². The number of nitrogens with zero attached hydrogens (tertiary/aromatic N) is 4. The maximum absolute atomic E-state index is 14.1. The number of ether oxygens (including phenoxy) is 1. The Labute approximate surface area is 211 Å². The zero-order valence-electron chi connectivity index (χ0n) is 19.0. The van der Waals surface area contributed by atoms with Crippen LogP contribution in [0.2, 0.25) is 5.02 Å². The molecule has 0 radical (unpaired) electrons. The molecule has 2 aliphatic heterocycles. The van der Waals surface area contributed by atoms with Crippen molar-refractivity contribution in [3.63, 3.8) is 0 Å². The van der Waals surface area contributed by atoms with E-state index in [2.05, 4.69) is 11.1 Å². The highest BCUT2D eigenvalue weighted by atomic mass is 35.5. The van der Waals surface area contributed by atoms with Gasteiger partial charge >= 0.3 is 6.03 Å². The summed E-state index contributed by atoms with van der Waals surface area (Å²) in [6.45, 7) is 0.174. The zero-order chi connectivity index (χ0) is 24.7. The average Bonchev–Trinajstić information content (AvgIpc) is 3.29. The van der Waals surface area contributed by atoms with E-state index >= 15 is 0 Å². The van der Waals surface area contributed by atoms with Gasteiger partial charge in [-0.15, -0.1) is 11.8 Å². The summed E-state index contributed by atoms with van der Waals surface area (Å²) in [6, 6.07) is 3.74. The molecule has 1 aromatic heterocycles. The van der Waals surface area contributed by atoms with Gasteiger partial charge in [0.2, 0.25) is 0 Å². The molecule has 1 aliphatic carbocycles. The van der Waals surface area contributed by atoms with Crippen molar-refractivity contribution in [2.45, 2.75) is 43.4 Å². The van der Waals surface area contributed by atoms with Crippen LogP contribution in [0.3, 0.4) is 0 Å². The molecule has 35 heavy (non-hydrogen) atoms. The fraction of sp³-hybridized carbons (Fsp3) is 0.360. The molecule has 0 bridgehead atoms. The number of carbonyl (C=O) groups excluding carboxylic acids is 2. The number of benzene rings is 1. The van der Waals surface area contributed by atoms with Gasteiger partial charge in [0.15, 0.2) is 11.6 Å². The number of anilines is 1. The third-order valence-corrected chi connectivity index (χ3v) is 8.26.